The maximum Gasteiger partial charge on any atom is 0.0534 e. The van der Waals surface area contributed by atoms with Crippen molar-refractivity contribution in [2.45, 2.75) is 6.92 Å². The Kier molecular flexibility index (Phi) is 2.66. The van der Waals surface area contributed by atoms with Crippen LogP contribution in [0.5, 0.6) is 0 Å². The first-order chi connectivity index (χ1) is 5.29. The smallest absolute Gasteiger partial charge is 0.0534 e. The quantitative estimate of drug-likeness (QED) is 0.549. The van der Waals surface area contributed by atoms with Crippen LogP contribution in [0.25, 0.3) is 0 Å². The third-order valence-corrected chi connectivity index (χ3v) is 1.30. The molecular weight excluding hydrogens is 136 g/mol. The average Bonchev–Trinajstić information content (AvgIpc) is 2.02. The third-order valence-electron chi connectivity index (χ3n) is 1.30. The van der Waals surface area contributed by atoms with Crippen LogP contribution in [0.4, 0.5) is 0 Å². The van der Waals surface area contributed by atoms with Gasteiger partial charge in [0.25, 0.3) is 0 Å². The lowest BCUT2D eigenvalue weighted by atomic mass is 10.5. The molecule has 0 unspecified atom stereocenters. The van der Waals surface area contributed by atoms with Gasteiger partial charge in [0.05, 0.1) is 5.69 Å². The lowest BCUT2D eigenvalue weighted by Gasteiger charge is -1.90. The third kappa shape index (κ3) is 2.85. The molecule has 1 heterocycles. The Labute approximate surface area is 66.8 Å². The van der Waals surface area contributed by atoms with Crippen LogP contribution in [0.2, 0.25) is 0 Å². The minimum Gasteiger partial charge on any atom is -0.355 e. The molecule has 2 nitrogen and oxygen atoms in total. The molecule has 11 heavy (non-hydrogen) atoms. The number of aryl methyl sites for hydroxylation is 2. The predicted octanol–water partition coefficient (Wildman–Crippen LogP) is 1.85. The lowest BCUT2D eigenvalue weighted by Crippen LogP contribution is -1.85. The van der Waals surface area contributed by atoms with E-state index in [1.54, 1.807) is 6.20 Å². The van der Waals surface area contributed by atoms with Gasteiger partial charge in [-0.05, 0) is 19.1 Å². The Bertz CT molecular complexity index is 248. The number of aromatic nitrogens is 2. The van der Waals surface area contributed by atoms with Gasteiger partial charge >= 0.3 is 0 Å². The molecule has 1 aromatic heterocycles. The highest BCUT2D eigenvalue weighted by Gasteiger charge is 1.76. The van der Waals surface area contributed by atoms with Crippen LogP contribution < -0.4 is 0 Å². The first kappa shape index (κ1) is 7.79. The topological polar surface area (TPSA) is 17.8 Å². The van der Waals surface area contributed by atoms with Crippen molar-refractivity contribution >= 4 is 0 Å². The molecule has 0 N–H and O–H groups in total. The van der Waals surface area contributed by atoms with E-state index in [4.69, 9.17) is 0 Å². The molecule has 0 radical (unpaired) electrons. The zero-order chi connectivity index (χ0) is 8.10. The Hall–Kier alpha value is -1.31. The van der Waals surface area contributed by atoms with Gasteiger partial charge in [-0.15, -0.1) is 0 Å². The lowest BCUT2D eigenvalue weighted by molar-refractivity contribution is 0.894. The number of hydrogen-bond donors (Lipinski definition) is 0. The summed E-state index contributed by atoms with van der Waals surface area (Å²) in [5.41, 5.74) is 1.00. The van der Waals surface area contributed by atoms with Gasteiger partial charge in [0, 0.05) is 25.6 Å². The van der Waals surface area contributed by atoms with Crippen molar-refractivity contribution < 1.29 is 0 Å². The van der Waals surface area contributed by atoms with Crippen molar-refractivity contribution in [1.82, 2.24) is 9.55 Å². The highest BCUT2D eigenvalue weighted by molar-refractivity contribution is 4.93. The summed E-state index contributed by atoms with van der Waals surface area (Å²) < 4.78 is 1.97. The molecule has 0 aromatic carbocycles. The first-order valence-electron chi connectivity index (χ1n) is 3.57. The predicted molar refractivity (Wildman–Crippen MR) is 45.6 cm³/mol. The molecule has 0 aliphatic rings. The molecule has 0 aliphatic carbocycles. The summed E-state index contributed by atoms with van der Waals surface area (Å²) in [5, 5.41) is 0. The van der Waals surface area contributed by atoms with Crippen molar-refractivity contribution in [3.63, 3.8) is 0 Å². The first-order valence-corrected chi connectivity index (χ1v) is 3.57. The molecule has 0 fully saturated rings. The second-order valence-corrected chi connectivity index (χ2v) is 2.44. The van der Waals surface area contributed by atoms with Gasteiger partial charge in [0.1, 0.15) is 0 Å². The minimum atomic E-state index is 1.00. The number of hydrogen-bond acceptors (Lipinski definition) is 1. The van der Waals surface area contributed by atoms with Gasteiger partial charge in [-0.1, -0.05) is 6.07 Å². The summed E-state index contributed by atoms with van der Waals surface area (Å²) in [6.07, 6.45) is 5.74. The summed E-state index contributed by atoms with van der Waals surface area (Å²) >= 11 is 0. The molecule has 0 amide bonds. The second kappa shape index (κ2) is 3.76. The molecular formula is C9H12N2. The standard InChI is InChI=1S/C9H12N2/c1-9-8-11(2)7-5-3-4-6-10-9/h3-8H,1-2H3. The largest absolute Gasteiger partial charge is 0.355 e. The number of rotatable bonds is 0. The average molecular weight is 148 g/mol. The molecule has 58 valence electrons. The maximum atomic E-state index is 4.16. The summed E-state index contributed by atoms with van der Waals surface area (Å²) in [5.74, 6) is 0. The number of nitrogens with zero attached hydrogens (tertiary/aromatic N) is 2. The van der Waals surface area contributed by atoms with Crippen LogP contribution in [-0.2, 0) is 7.05 Å². The van der Waals surface area contributed by atoms with Gasteiger partial charge in [-0.3, -0.25) is 4.98 Å². The molecule has 0 saturated carbocycles. The summed E-state index contributed by atoms with van der Waals surface area (Å²) in [7, 11) is 1.98. The zero-order valence-electron chi connectivity index (χ0n) is 6.86. The van der Waals surface area contributed by atoms with Gasteiger partial charge in [0.2, 0.25) is 0 Å². The highest BCUT2D eigenvalue weighted by Crippen LogP contribution is 1.85. The van der Waals surface area contributed by atoms with Crippen molar-refractivity contribution in [1.29, 1.82) is 0 Å². The molecule has 0 bridgehead atoms. The Morgan fingerprint density at radius 2 is 2.09 bits per heavy atom. The fourth-order valence-electron chi connectivity index (χ4n) is 0.831. The Morgan fingerprint density at radius 1 is 1.27 bits per heavy atom. The van der Waals surface area contributed by atoms with Gasteiger partial charge < -0.3 is 4.57 Å². The normalized spacial score (nSPS) is 8.91. The van der Waals surface area contributed by atoms with Gasteiger partial charge in [-0.25, -0.2) is 0 Å². The maximum absolute atomic E-state index is 4.16. The monoisotopic (exact) mass is 148 g/mol. The summed E-state index contributed by atoms with van der Waals surface area (Å²) in [6.45, 7) is 1.97. The van der Waals surface area contributed by atoms with Crippen molar-refractivity contribution in [2.24, 2.45) is 7.05 Å². The van der Waals surface area contributed by atoms with E-state index < -0.39 is 0 Å². The zero-order valence-corrected chi connectivity index (χ0v) is 6.86. The Morgan fingerprint density at radius 3 is 2.91 bits per heavy atom. The van der Waals surface area contributed by atoms with E-state index in [-0.39, 0.29) is 0 Å². The van der Waals surface area contributed by atoms with Crippen LogP contribution in [0.15, 0.2) is 36.8 Å². The van der Waals surface area contributed by atoms with E-state index in [9.17, 15) is 0 Å². The van der Waals surface area contributed by atoms with Crippen LogP contribution >= 0.6 is 0 Å². The highest BCUT2D eigenvalue weighted by atomic mass is 14.9. The van der Waals surface area contributed by atoms with Crippen molar-refractivity contribution in [2.75, 3.05) is 0 Å². The van der Waals surface area contributed by atoms with E-state index in [2.05, 4.69) is 4.98 Å². The van der Waals surface area contributed by atoms with E-state index >= 15 is 0 Å². The SMILES string of the molecule is Cc1cn(C)cccccn1. The fraction of sp³-hybridized carbons (Fsp3) is 0.222. The molecule has 1 aromatic rings. The van der Waals surface area contributed by atoms with Crippen LogP contribution in [0.3, 0.4) is 0 Å². The molecule has 0 aliphatic heterocycles. The van der Waals surface area contributed by atoms with Crippen LogP contribution in [0, 0.1) is 6.92 Å². The fourth-order valence-corrected chi connectivity index (χ4v) is 0.831. The minimum absolute atomic E-state index is 1.00. The van der Waals surface area contributed by atoms with Crippen molar-refractivity contribution in [3.8, 4) is 0 Å². The van der Waals surface area contributed by atoms with Gasteiger partial charge in [0.15, 0.2) is 0 Å². The van der Waals surface area contributed by atoms with Crippen molar-refractivity contribution in [3.05, 3.63) is 42.5 Å². The van der Waals surface area contributed by atoms with E-state index in [0.29, 0.717) is 0 Å². The molecule has 2 heteroatoms. The Balaban J connectivity index is 3.25. The van der Waals surface area contributed by atoms with Crippen LogP contribution in [0.1, 0.15) is 5.69 Å². The second-order valence-electron chi connectivity index (χ2n) is 2.44. The molecule has 1 rings (SSSR count). The van der Waals surface area contributed by atoms with Crippen LogP contribution in [-0.4, -0.2) is 9.55 Å². The molecule has 0 atom stereocenters. The summed E-state index contributed by atoms with van der Waals surface area (Å²) in [6, 6.07) is 5.83. The summed E-state index contributed by atoms with van der Waals surface area (Å²) in [4.78, 5) is 4.16. The van der Waals surface area contributed by atoms with Gasteiger partial charge in [-0.2, -0.15) is 0 Å². The van der Waals surface area contributed by atoms with E-state index in [1.807, 2.05) is 49.1 Å². The van der Waals surface area contributed by atoms with E-state index in [1.165, 1.54) is 0 Å². The van der Waals surface area contributed by atoms with E-state index in [0.717, 1.165) is 5.69 Å². The molecule has 0 saturated heterocycles. The molecule has 0 spiro atoms.